The highest BCUT2D eigenvalue weighted by Crippen LogP contribution is 2.26. The molecule has 0 unspecified atom stereocenters. The molecule has 0 saturated carbocycles. The van der Waals surface area contributed by atoms with Crippen molar-refractivity contribution in [3.8, 4) is 0 Å². The predicted molar refractivity (Wildman–Crippen MR) is 102 cm³/mol. The second kappa shape index (κ2) is 11.3. The number of amidine groups is 1. The fourth-order valence-corrected chi connectivity index (χ4v) is 3.31. The number of anilines is 1. The minimum atomic E-state index is -0.0558. The fourth-order valence-electron chi connectivity index (χ4n) is 1.36. The molecule has 0 heterocycles. The number of rotatable bonds is 5. The van der Waals surface area contributed by atoms with Gasteiger partial charge in [-0.2, -0.15) is 0 Å². The molecule has 1 aromatic carbocycles. The molecule has 4 nitrogen and oxygen atoms in total. The molecule has 0 aliphatic heterocycles. The van der Waals surface area contributed by atoms with E-state index in [1.165, 1.54) is 11.8 Å². The van der Waals surface area contributed by atoms with Gasteiger partial charge in [-0.1, -0.05) is 27.7 Å². The standard InChI is InChI=1S/C13H17Br2N3OS.ClH/c1-3-16-13(17-4-2)20-8-12(19)18-11-6-5-9(14)7-10(11)15;/h5-7H,3-4,8H2,1-2H3,(H,16,17)(H,18,19);1H. The topological polar surface area (TPSA) is 53.5 Å². The summed E-state index contributed by atoms with van der Waals surface area (Å²) in [6.45, 7) is 5.47. The van der Waals surface area contributed by atoms with Crippen LogP contribution >= 0.6 is 56.0 Å². The third-order valence-electron chi connectivity index (χ3n) is 2.17. The molecule has 0 atom stereocenters. The lowest BCUT2D eigenvalue weighted by Crippen LogP contribution is -2.23. The number of aliphatic imine (C=N–C) groups is 1. The lowest BCUT2D eigenvalue weighted by atomic mass is 10.3. The smallest absolute Gasteiger partial charge is 0.234 e. The number of thioether (sulfide) groups is 1. The lowest BCUT2D eigenvalue weighted by Gasteiger charge is -2.09. The Balaban J connectivity index is 0.00000400. The molecule has 8 heteroatoms. The number of carbonyl (C=O) groups excluding carboxylic acids is 1. The maximum Gasteiger partial charge on any atom is 0.234 e. The van der Waals surface area contributed by atoms with Crippen LogP contribution in [0.25, 0.3) is 0 Å². The molecular weight excluding hydrogens is 441 g/mol. The highest BCUT2D eigenvalue weighted by atomic mass is 79.9. The van der Waals surface area contributed by atoms with E-state index in [1.54, 1.807) is 0 Å². The number of benzene rings is 1. The Morgan fingerprint density at radius 1 is 1.33 bits per heavy atom. The summed E-state index contributed by atoms with van der Waals surface area (Å²) in [6.07, 6.45) is 0. The number of halogens is 3. The summed E-state index contributed by atoms with van der Waals surface area (Å²) in [7, 11) is 0. The minimum absolute atomic E-state index is 0. The summed E-state index contributed by atoms with van der Waals surface area (Å²) in [5.41, 5.74) is 0.760. The Bertz CT molecular complexity index is 500. The maximum absolute atomic E-state index is 11.9. The van der Waals surface area contributed by atoms with Gasteiger partial charge in [0.15, 0.2) is 5.17 Å². The average Bonchev–Trinajstić information content (AvgIpc) is 2.40. The Hall–Kier alpha value is -0.240. The highest BCUT2D eigenvalue weighted by molar-refractivity contribution is 9.11. The van der Waals surface area contributed by atoms with E-state index in [2.05, 4.69) is 47.5 Å². The van der Waals surface area contributed by atoms with Crippen LogP contribution in [0.2, 0.25) is 0 Å². The summed E-state index contributed by atoms with van der Waals surface area (Å²) in [4.78, 5) is 16.2. The van der Waals surface area contributed by atoms with Gasteiger partial charge in [0.1, 0.15) is 0 Å². The first kappa shape index (κ1) is 20.8. The van der Waals surface area contributed by atoms with Crippen LogP contribution in [0.3, 0.4) is 0 Å². The van der Waals surface area contributed by atoms with Gasteiger partial charge in [0, 0.05) is 22.0 Å². The molecule has 21 heavy (non-hydrogen) atoms. The second-order valence-corrected chi connectivity index (χ2v) is 6.50. The van der Waals surface area contributed by atoms with Crippen LogP contribution in [0.15, 0.2) is 32.1 Å². The van der Waals surface area contributed by atoms with Crippen LogP contribution in [0.4, 0.5) is 5.69 Å². The van der Waals surface area contributed by atoms with Crippen molar-refractivity contribution in [3.05, 3.63) is 27.1 Å². The van der Waals surface area contributed by atoms with Crippen LogP contribution in [-0.2, 0) is 4.79 Å². The zero-order valence-corrected chi connectivity index (χ0v) is 16.6. The Morgan fingerprint density at radius 3 is 2.62 bits per heavy atom. The molecule has 1 rings (SSSR count). The number of nitrogens with zero attached hydrogens (tertiary/aromatic N) is 1. The molecule has 0 aliphatic rings. The highest BCUT2D eigenvalue weighted by Gasteiger charge is 2.08. The van der Waals surface area contributed by atoms with Gasteiger partial charge in [-0.05, 0) is 48.0 Å². The number of hydrogen-bond donors (Lipinski definition) is 2. The van der Waals surface area contributed by atoms with Gasteiger partial charge >= 0.3 is 0 Å². The monoisotopic (exact) mass is 457 g/mol. The quantitative estimate of drug-likeness (QED) is 0.510. The summed E-state index contributed by atoms with van der Waals surface area (Å²) in [5.74, 6) is 0.272. The summed E-state index contributed by atoms with van der Waals surface area (Å²) in [5, 5.41) is 6.81. The zero-order chi connectivity index (χ0) is 15.0. The summed E-state index contributed by atoms with van der Waals surface area (Å²) in [6, 6.07) is 5.63. The van der Waals surface area contributed by atoms with Crippen molar-refractivity contribution in [3.63, 3.8) is 0 Å². The van der Waals surface area contributed by atoms with E-state index in [9.17, 15) is 4.79 Å². The summed E-state index contributed by atoms with van der Waals surface area (Å²) >= 11 is 8.20. The van der Waals surface area contributed by atoms with Gasteiger partial charge in [0.25, 0.3) is 0 Å². The molecule has 0 saturated heterocycles. The van der Waals surface area contributed by atoms with E-state index in [-0.39, 0.29) is 18.3 Å². The van der Waals surface area contributed by atoms with Crippen molar-refractivity contribution in [2.24, 2.45) is 4.99 Å². The van der Waals surface area contributed by atoms with Crippen molar-refractivity contribution in [1.82, 2.24) is 5.32 Å². The number of nitrogens with one attached hydrogen (secondary N) is 2. The van der Waals surface area contributed by atoms with Crippen molar-refractivity contribution in [2.45, 2.75) is 13.8 Å². The minimum Gasteiger partial charge on any atom is -0.365 e. The SMILES string of the molecule is CCN=C(NCC)SCC(=O)Nc1ccc(Br)cc1Br.Cl. The van der Waals surface area contributed by atoms with Gasteiger partial charge in [-0.25, -0.2) is 0 Å². The first-order chi connectivity index (χ1) is 9.56. The van der Waals surface area contributed by atoms with E-state index in [1.807, 2.05) is 32.0 Å². The lowest BCUT2D eigenvalue weighted by molar-refractivity contribution is -0.113. The van der Waals surface area contributed by atoms with E-state index >= 15 is 0 Å². The normalized spacial score (nSPS) is 10.8. The van der Waals surface area contributed by atoms with Crippen molar-refractivity contribution >= 4 is 72.8 Å². The molecule has 1 aromatic rings. The van der Waals surface area contributed by atoms with Crippen LogP contribution < -0.4 is 10.6 Å². The molecule has 0 aromatic heterocycles. The largest absolute Gasteiger partial charge is 0.365 e. The molecule has 118 valence electrons. The Labute approximate surface area is 152 Å². The van der Waals surface area contributed by atoms with E-state index in [4.69, 9.17) is 0 Å². The molecule has 0 spiro atoms. The van der Waals surface area contributed by atoms with Crippen molar-refractivity contribution in [1.29, 1.82) is 0 Å². The molecular formula is C13H18Br2ClN3OS. The first-order valence-electron chi connectivity index (χ1n) is 6.22. The van der Waals surface area contributed by atoms with Crippen molar-refractivity contribution < 1.29 is 4.79 Å². The molecule has 0 bridgehead atoms. The fraction of sp³-hybridized carbons (Fsp3) is 0.385. The third-order valence-corrected chi connectivity index (χ3v) is 4.28. The van der Waals surface area contributed by atoms with Gasteiger partial charge in [-0.15, -0.1) is 12.4 Å². The molecule has 1 amide bonds. The maximum atomic E-state index is 11.9. The molecule has 0 aliphatic carbocycles. The van der Waals surface area contributed by atoms with E-state index in [0.29, 0.717) is 12.3 Å². The van der Waals surface area contributed by atoms with Gasteiger partial charge in [0.2, 0.25) is 5.91 Å². The number of hydrogen-bond acceptors (Lipinski definition) is 3. The second-order valence-electron chi connectivity index (χ2n) is 3.77. The summed E-state index contributed by atoms with van der Waals surface area (Å²) < 4.78 is 1.81. The third kappa shape index (κ3) is 8.09. The molecule has 2 N–H and O–H groups in total. The Kier molecular flexibility index (Phi) is 11.2. The van der Waals surface area contributed by atoms with E-state index in [0.717, 1.165) is 26.3 Å². The van der Waals surface area contributed by atoms with Crippen LogP contribution in [0.5, 0.6) is 0 Å². The number of carbonyl (C=O) groups is 1. The van der Waals surface area contributed by atoms with Gasteiger partial charge < -0.3 is 10.6 Å². The Morgan fingerprint density at radius 2 is 2.05 bits per heavy atom. The zero-order valence-electron chi connectivity index (χ0n) is 11.8. The van der Waals surface area contributed by atoms with Crippen molar-refractivity contribution in [2.75, 3.05) is 24.2 Å². The predicted octanol–water partition coefficient (Wildman–Crippen LogP) is 4.29. The van der Waals surface area contributed by atoms with Crippen LogP contribution in [-0.4, -0.2) is 29.9 Å². The molecule has 0 fully saturated rings. The first-order valence-corrected chi connectivity index (χ1v) is 8.80. The van der Waals surface area contributed by atoms with Crippen LogP contribution in [0, 0.1) is 0 Å². The van der Waals surface area contributed by atoms with Crippen LogP contribution in [0.1, 0.15) is 13.8 Å². The number of amides is 1. The molecule has 0 radical (unpaired) electrons. The van der Waals surface area contributed by atoms with Gasteiger partial charge in [0.05, 0.1) is 11.4 Å². The van der Waals surface area contributed by atoms with Gasteiger partial charge in [-0.3, -0.25) is 9.79 Å². The van der Waals surface area contributed by atoms with E-state index < -0.39 is 0 Å². The average molecular weight is 460 g/mol.